The van der Waals surface area contributed by atoms with E-state index in [2.05, 4.69) is 5.32 Å². The Morgan fingerprint density at radius 3 is 1.77 bits per heavy atom. The van der Waals surface area contributed by atoms with E-state index in [-0.39, 0.29) is 31.3 Å². The van der Waals surface area contributed by atoms with Gasteiger partial charge in [0.25, 0.3) is 0 Å². The fraction of sp³-hybridized carbons (Fsp3) is 0.800. The van der Waals surface area contributed by atoms with E-state index >= 15 is 0 Å². The van der Waals surface area contributed by atoms with Gasteiger partial charge in [0.1, 0.15) is 5.25 Å². The number of carbonyl (C=O) groups is 3. The lowest BCUT2D eigenvalue weighted by Gasteiger charge is -2.21. The summed E-state index contributed by atoms with van der Waals surface area (Å²) >= 11 is 12.4. The molecule has 0 heterocycles. The molecule has 0 saturated heterocycles. The fourth-order valence-electron chi connectivity index (χ4n) is 1.48. The molecule has 0 rings (SSSR count). The Balaban J connectivity index is 0. The van der Waals surface area contributed by atoms with Crippen LogP contribution in [0.3, 0.4) is 0 Å². The molecule has 10 nitrogen and oxygen atoms in total. The monoisotopic (exact) mass is 559 g/mol. The van der Waals surface area contributed by atoms with Gasteiger partial charge in [0, 0.05) is 35.5 Å². The van der Waals surface area contributed by atoms with Crippen LogP contribution in [0.25, 0.3) is 0 Å². The first-order valence-electron chi connectivity index (χ1n) is 8.78. The van der Waals surface area contributed by atoms with Crippen molar-refractivity contribution in [3.63, 3.8) is 0 Å². The number of esters is 2. The van der Waals surface area contributed by atoms with Gasteiger partial charge in [-0.1, -0.05) is 22.8 Å². The fourth-order valence-corrected chi connectivity index (χ4v) is 8.05. The summed E-state index contributed by atoms with van der Waals surface area (Å²) in [5.74, 6) is -0.816. The SMILES string of the molecule is CCOC(=O)CC(SP(=S)(OC)OC)C(=O)OCC.CNC(=O)CSP(=S)(OC)OC. The van der Waals surface area contributed by atoms with Crippen molar-refractivity contribution in [2.24, 2.45) is 0 Å². The molecule has 0 radical (unpaired) electrons. The molecule has 0 fully saturated rings. The smallest absolute Gasteiger partial charge is 0.320 e. The van der Waals surface area contributed by atoms with Crippen LogP contribution in [0.4, 0.5) is 0 Å². The van der Waals surface area contributed by atoms with Crippen molar-refractivity contribution < 1.29 is 42.0 Å². The highest BCUT2D eigenvalue weighted by molar-refractivity contribution is 8.68. The van der Waals surface area contributed by atoms with Crippen molar-refractivity contribution in [3.8, 4) is 0 Å². The molecule has 1 atom stereocenters. The zero-order chi connectivity index (χ0) is 24.5. The van der Waals surface area contributed by atoms with E-state index in [4.69, 9.17) is 51.2 Å². The van der Waals surface area contributed by atoms with Crippen LogP contribution >= 0.6 is 34.2 Å². The van der Waals surface area contributed by atoms with E-state index in [1.54, 1.807) is 20.9 Å². The van der Waals surface area contributed by atoms with Crippen molar-refractivity contribution in [2.45, 2.75) is 25.5 Å². The normalized spacial score (nSPS) is 12.2. The molecule has 0 saturated carbocycles. The second-order valence-electron chi connectivity index (χ2n) is 4.93. The minimum atomic E-state index is -2.65. The Hall–Kier alpha value is 0.250. The number of hydrogen-bond donors (Lipinski definition) is 1. The number of carbonyl (C=O) groups excluding carboxylic acids is 3. The third kappa shape index (κ3) is 15.7. The summed E-state index contributed by atoms with van der Waals surface area (Å²) in [5, 5.41) is 1.70. The summed E-state index contributed by atoms with van der Waals surface area (Å²) in [6.07, 6.45) is -0.123. The van der Waals surface area contributed by atoms with Gasteiger partial charge in [0.2, 0.25) is 17.3 Å². The van der Waals surface area contributed by atoms with Crippen LogP contribution in [0.5, 0.6) is 0 Å². The molecular weight excluding hydrogens is 528 g/mol. The van der Waals surface area contributed by atoms with Gasteiger partial charge in [-0.25, -0.2) is 0 Å². The topological polar surface area (TPSA) is 119 Å². The Morgan fingerprint density at radius 2 is 1.39 bits per heavy atom. The average Bonchev–Trinajstić information content (AvgIpc) is 2.77. The molecule has 184 valence electrons. The van der Waals surface area contributed by atoms with E-state index in [0.29, 0.717) is 0 Å². The molecular formula is C15H31NO9P2S4. The van der Waals surface area contributed by atoms with Gasteiger partial charge in [-0.3, -0.25) is 14.4 Å². The highest BCUT2D eigenvalue weighted by Gasteiger charge is 2.32. The summed E-state index contributed by atoms with van der Waals surface area (Å²) in [4.78, 5) is 34.1. The van der Waals surface area contributed by atoms with E-state index in [9.17, 15) is 14.4 Å². The number of ether oxygens (including phenoxy) is 2. The predicted octanol–water partition coefficient (Wildman–Crippen LogP) is 3.10. The summed E-state index contributed by atoms with van der Waals surface area (Å²) in [5.41, 5.74) is -4.91. The van der Waals surface area contributed by atoms with Gasteiger partial charge in [0.15, 0.2) is 0 Å². The first-order chi connectivity index (χ1) is 14.5. The Labute approximate surface area is 202 Å². The van der Waals surface area contributed by atoms with Crippen LogP contribution in [0, 0.1) is 0 Å². The lowest BCUT2D eigenvalue weighted by atomic mass is 10.3. The summed E-state index contributed by atoms with van der Waals surface area (Å²) < 4.78 is 29.9. The van der Waals surface area contributed by atoms with Crippen LogP contribution < -0.4 is 5.32 Å². The number of hydrogen-bond acceptors (Lipinski definition) is 13. The maximum absolute atomic E-state index is 11.8. The molecule has 0 aliphatic heterocycles. The molecule has 31 heavy (non-hydrogen) atoms. The van der Waals surface area contributed by atoms with Crippen LogP contribution in [0.1, 0.15) is 20.3 Å². The minimum Gasteiger partial charge on any atom is -0.466 e. The largest absolute Gasteiger partial charge is 0.466 e. The first-order valence-corrected chi connectivity index (χ1v) is 17.1. The molecule has 0 aromatic heterocycles. The molecule has 0 aliphatic carbocycles. The summed E-state index contributed by atoms with van der Waals surface area (Å²) in [6.45, 7) is 3.86. The Kier molecular flexibility index (Phi) is 20.1. The summed E-state index contributed by atoms with van der Waals surface area (Å²) in [7, 11) is 7.36. The standard InChI is InChI=1S/C10H19O6PS2.C5H12NO3PS2/c1-5-15-9(11)7-8(10(12)16-6-2)19-17(18,13-3)14-4;1-6-5(7)4-12-10(11,8-2)9-3/h8H,5-7H2,1-4H3;4H2,1-3H3,(H,6,7). The van der Waals surface area contributed by atoms with Crippen molar-refractivity contribution in [1.29, 1.82) is 0 Å². The van der Waals surface area contributed by atoms with Crippen molar-refractivity contribution >= 4 is 75.6 Å². The van der Waals surface area contributed by atoms with Gasteiger partial charge in [-0.15, -0.1) is 0 Å². The van der Waals surface area contributed by atoms with E-state index in [1.165, 1.54) is 39.8 Å². The van der Waals surface area contributed by atoms with Gasteiger partial charge in [-0.2, -0.15) is 0 Å². The molecule has 0 aromatic rings. The Bertz CT molecular complexity index is 638. The molecule has 0 aliphatic rings. The molecule has 1 unspecified atom stereocenters. The zero-order valence-corrected chi connectivity index (χ0v) is 23.7. The molecule has 1 amide bonds. The van der Waals surface area contributed by atoms with E-state index in [1.807, 2.05) is 0 Å². The second kappa shape index (κ2) is 18.7. The first kappa shape index (κ1) is 33.4. The second-order valence-corrected chi connectivity index (χ2v) is 18.1. The molecule has 0 spiro atoms. The molecule has 16 heteroatoms. The Morgan fingerprint density at radius 1 is 0.903 bits per heavy atom. The van der Waals surface area contributed by atoms with Crippen LogP contribution in [-0.4, -0.2) is 77.5 Å². The molecule has 1 N–H and O–H groups in total. The van der Waals surface area contributed by atoms with Crippen LogP contribution in [0.2, 0.25) is 0 Å². The minimum absolute atomic E-state index is 0.0803. The van der Waals surface area contributed by atoms with E-state index < -0.39 is 28.6 Å². The van der Waals surface area contributed by atoms with Crippen molar-refractivity contribution in [3.05, 3.63) is 0 Å². The van der Waals surface area contributed by atoms with Crippen molar-refractivity contribution in [2.75, 3.05) is 54.5 Å². The zero-order valence-electron chi connectivity index (χ0n) is 18.6. The van der Waals surface area contributed by atoms with Gasteiger partial charge >= 0.3 is 11.9 Å². The third-order valence-corrected chi connectivity index (χ3v) is 14.5. The lowest BCUT2D eigenvalue weighted by Crippen LogP contribution is -2.24. The van der Waals surface area contributed by atoms with E-state index in [0.717, 1.165) is 11.4 Å². The van der Waals surface area contributed by atoms with Gasteiger partial charge in [-0.05, 0) is 37.5 Å². The highest BCUT2D eigenvalue weighted by Crippen LogP contribution is 2.62. The van der Waals surface area contributed by atoms with Gasteiger partial charge < -0.3 is 32.9 Å². The van der Waals surface area contributed by atoms with Crippen LogP contribution in [-0.2, 0) is 65.6 Å². The average molecular weight is 560 g/mol. The maximum atomic E-state index is 11.8. The lowest BCUT2D eigenvalue weighted by molar-refractivity contribution is -0.149. The third-order valence-electron chi connectivity index (χ3n) is 2.99. The highest BCUT2D eigenvalue weighted by atomic mass is 32.9. The van der Waals surface area contributed by atoms with Gasteiger partial charge in [0.05, 0.1) is 25.4 Å². The molecule has 0 aromatic carbocycles. The quantitative estimate of drug-likeness (QED) is 0.248. The molecule has 0 bridgehead atoms. The predicted molar refractivity (Wildman–Crippen MR) is 132 cm³/mol. The number of nitrogens with one attached hydrogen (secondary N) is 1. The number of amides is 1. The maximum Gasteiger partial charge on any atom is 0.320 e. The van der Waals surface area contributed by atoms with Crippen molar-refractivity contribution in [1.82, 2.24) is 5.32 Å². The summed E-state index contributed by atoms with van der Waals surface area (Å²) in [6, 6.07) is 0. The number of rotatable bonds is 14. The van der Waals surface area contributed by atoms with Crippen LogP contribution in [0.15, 0.2) is 0 Å².